The van der Waals surface area contributed by atoms with Gasteiger partial charge in [0.05, 0.1) is 6.10 Å². The molecule has 2 atom stereocenters. The third-order valence-corrected chi connectivity index (χ3v) is 2.29. The fourth-order valence-corrected chi connectivity index (χ4v) is 1.57. The van der Waals surface area contributed by atoms with Crippen LogP contribution in [0.2, 0.25) is 0 Å². The quantitative estimate of drug-likeness (QED) is 0.552. The molecule has 0 bridgehead atoms. The highest BCUT2D eigenvalue weighted by Crippen LogP contribution is 2.25. The van der Waals surface area contributed by atoms with E-state index in [-0.39, 0.29) is 6.10 Å². The zero-order chi connectivity index (χ0) is 7.56. The summed E-state index contributed by atoms with van der Waals surface area (Å²) in [7, 11) is 0. The predicted octanol–water partition coefficient (Wildman–Crippen LogP) is 1.97. The Kier molecular flexibility index (Phi) is 2.50. The fraction of sp³-hybridized carbons (Fsp3) is 0.778. The van der Waals surface area contributed by atoms with Crippen LogP contribution in [-0.2, 0) is 0 Å². The monoisotopic (exact) mass is 140 g/mol. The first-order valence-corrected chi connectivity index (χ1v) is 4.06. The van der Waals surface area contributed by atoms with Gasteiger partial charge in [0.25, 0.3) is 0 Å². The first kappa shape index (κ1) is 7.80. The summed E-state index contributed by atoms with van der Waals surface area (Å²) in [6.45, 7) is 4.35. The molecule has 0 aromatic heterocycles. The van der Waals surface area contributed by atoms with E-state index in [0.29, 0.717) is 11.8 Å². The van der Waals surface area contributed by atoms with Crippen LogP contribution in [0.25, 0.3) is 0 Å². The number of rotatable bonds is 1. The van der Waals surface area contributed by atoms with Crippen LogP contribution in [0.1, 0.15) is 26.7 Å². The van der Waals surface area contributed by atoms with Crippen molar-refractivity contribution < 1.29 is 5.11 Å². The van der Waals surface area contributed by atoms with Crippen molar-refractivity contribution in [2.24, 2.45) is 11.8 Å². The van der Waals surface area contributed by atoms with Gasteiger partial charge >= 0.3 is 0 Å². The third-order valence-electron chi connectivity index (χ3n) is 2.29. The van der Waals surface area contributed by atoms with Gasteiger partial charge in [-0.3, -0.25) is 0 Å². The second-order valence-corrected chi connectivity index (χ2v) is 3.40. The van der Waals surface area contributed by atoms with Crippen LogP contribution in [0.15, 0.2) is 12.2 Å². The summed E-state index contributed by atoms with van der Waals surface area (Å²) in [4.78, 5) is 0. The molecule has 1 N–H and O–H groups in total. The molecule has 1 heteroatoms. The largest absolute Gasteiger partial charge is 0.389 e. The molecule has 0 amide bonds. The lowest BCUT2D eigenvalue weighted by atomic mass is 9.83. The zero-order valence-corrected chi connectivity index (χ0v) is 6.75. The van der Waals surface area contributed by atoms with Crippen LogP contribution in [0, 0.1) is 11.8 Å². The standard InChI is InChI=1S/C9H16O/c1-7(2)8-5-3-4-6-9(8)10/h4,6-10H,3,5H2,1-2H3/t8-,9+/m1/s1. The van der Waals surface area contributed by atoms with Gasteiger partial charge in [-0.1, -0.05) is 26.0 Å². The molecular weight excluding hydrogens is 124 g/mol. The Morgan fingerprint density at radius 3 is 2.60 bits per heavy atom. The van der Waals surface area contributed by atoms with E-state index in [1.54, 1.807) is 0 Å². The first-order chi connectivity index (χ1) is 4.72. The maximum Gasteiger partial charge on any atom is 0.0751 e. The number of hydrogen-bond donors (Lipinski definition) is 1. The SMILES string of the molecule is CC(C)[C@H]1CCC=C[C@@H]1O. The van der Waals surface area contributed by atoms with E-state index in [1.807, 2.05) is 6.08 Å². The van der Waals surface area contributed by atoms with Crippen molar-refractivity contribution >= 4 is 0 Å². The van der Waals surface area contributed by atoms with Gasteiger partial charge < -0.3 is 5.11 Å². The van der Waals surface area contributed by atoms with Gasteiger partial charge in [0.15, 0.2) is 0 Å². The number of hydrogen-bond acceptors (Lipinski definition) is 1. The number of allylic oxidation sites excluding steroid dienone is 1. The summed E-state index contributed by atoms with van der Waals surface area (Å²) in [5.74, 6) is 1.10. The van der Waals surface area contributed by atoms with Crippen molar-refractivity contribution in [2.75, 3.05) is 0 Å². The second kappa shape index (κ2) is 3.20. The summed E-state index contributed by atoms with van der Waals surface area (Å²) >= 11 is 0. The van der Waals surface area contributed by atoms with Crippen LogP contribution < -0.4 is 0 Å². The van der Waals surface area contributed by atoms with Crippen molar-refractivity contribution in [2.45, 2.75) is 32.8 Å². The third kappa shape index (κ3) is 1.60. The number of aliphatic hydroxyl groups excluding tert-OH is 1. The molecule has 1 aliphatic carbocycles. The van der Waals surface area contributed by atoms with Crippen molar-refractivity contribution in [1.29, 1.82) is 0 Å². The van der Waals surface area contributed by atoms with E-state index in [9.17, 15) is 5.11 Å². The van der Waals surface area contributed by atoms with Gasteiger partial charge in [0, 0.05) is 0 Å². The molecule has 0 unspecified atom stereocenters. The summed E-state index contributed by atoms with van der Waals surface area (Å²) in [6, 6.07) is 0. The number of aliphatic hydroxyl groups is 1. The molecule has 0 radical (unpaired) electrons. The van der Waals surface area contributed by atoms with Crippen LogP contribution >= 0.6 is 0 Å². The average molecular weight is 140 g/mol. The topological polar surface area (TPSA) is 20.2 Å². The molecule has 0 aromatic rings. The average Bonchev–Trinajstić information content (AvgIpc) is 1.88. The lowest BCUT2D eigenvalue weighted by Crippen LogP contribution is -2.25. The summed E-state index contributed by atoms with van der Waals surface area (Å²) in [5.41, 5.74) is 0. The van der Waals surface area contributed by atoms with E-state index < -0.39 is 0 Å². The van der Waals surface area contributed by atoms with E-state index in [0.717, 1.165) is 12.8 Å². The van der Waals surface area contributed by atoms with Crippen LogP contribution in [0.5, 0.6) is 0 Å². The first-order valence-electron chi connectivity index (χ1n) is 4.06. The van der Waals surface area contributed by atoms with Gasteiger partial charge in [-0.15, -0.1) is 0 Å². The molecule has 58 valence electrons. The molecule has 0 aromatic carbocycles. The molecule has 1 aliphatic rings. The highest BCUT2D eigenvalue weighted by Gasteiger charge is 2.21. The van der Waals surface area contributed by atoms with Crippen molar-refractivity contribution in [3.05, 3.63) is 12.2 Å². The molecule has 0 saturated heterocycles. The van der Waals surface area contributed by atoms with Crippen LogP contribution in [0.4, 0.5) is 0 Å². The van der Waals surface area contributed by atoms with Crippen LogP contribution in [0.3, 0.4) is 0 Å². The Balaban J connectivity index is 2.52. The Morgan fingerprint density at radius 1 is 1.50 bits per heavy atom. The fourth-order valence-electron chi connectivity index (χ4n) is 1.57. The maximum atomic E-state index is 9.45. The molecular formula is C9H16O. The van der Waals surface area contributed by atoms with E-state index in [1.165, 1.54) is 0 Å². The minimum Gasteiger partial charge on any atom is -0.389 e. The molecule has 0 spiro atoms. The highest BCUT2D eigenvalue weighted by atomic mass is 16.3. The maximum absolute atomic E-state index is 9.45. The Hall–Kier alpha value is -0.300. The van der Waals surface area contributed by atoms with Gasteiger partial charge in [0.1, 0.15) is 0 Å². The lowest BCUT2D eigenvalue weighted by Gasteiger charge is -2.26. The molecule has 1 nitrogen and oxygen atoms in total. The van der Waals surface area contributed by atoms with Gasteiger partial charge in [0.2, 0.25) is 0 Å². The van der Waals surface area contributed by atoms with Gasteiger partial charge in [-0.2, -0.15) is 0 Å². The molecule has 0 fully saturated rings. The minimum atomic E-state index is -0.186. The highest BCUT2D eigenvalue weighted by molar-refractivity contribution is 4.98. The van der Waals surface area contributed by atoms with Crippen molar-refractivity contribution in [3.8, 4) is 0 Å². The van der Waals surface area contributed by atoms with Crippen molar-refractivity contribution in [1.82, 2.24) is 0 Å². The zero-order valence-electron chi connectivity index (χ0n) is 6.75. The Morgan fingerprint density at radius 2 is 2.20 bits per heavy atom. The summed E-state index contributed by atoms with van der Waals surface area (Å²) in [5, 5.41) is 9.45. The lowest BCUT2D eigenvalue weighted by molar-refractivity contribution is 0.110. The Bertz CT molecular complexity index is 127. The molecule has 1 rings (SSSR count). The second-order valence-electron chi connectivity index (χ2n) is 3.40. The smallest absolute Gasteiger partial charge is 0.0751 e. The van der Waals surface area contributed by atoms with E-state index in [2.05, 4.69) is 19.9 Å². The summed E-state index contributed by atoms with van der Waals surface area (Å²) in [6.07, 6.45) is 6.10. The minimum absolute atomic E-state index is 0.186. The van der Waals surface area contributed by atoms with Gasteiger partial charge in [-0.05, 0) is 24.7 Å². The van der Waals surface area contributed by atoms with Crippen molar-refractivity contribution in [3.63, 3.8) is 0 Å². The molecule has 0 aliphatic heterocycles. The summed E-state index contributed by atoms with van der Waals surface area (Å²) < 4.78 is 0. The molecule has 0 saturated carbocycles. The predicted molar refractivity (Wildman–Crippen MR) is 42.7 cm³/mol. The molecule has 10 heavy (non-hydrogen) atoms. The molecule has 0 heterocycles. The Labute approximate surface area is 62.8 Å². The van der Waals surface area contributed by atoms with Gasteiger partial charge in [-0.25, -0.2) is 0 Å². The van der Waals surface area contributed by atoms with E-state index in [4.69, 9.17) is 0 Å². The van der Waals surface area contributed by atoms with E-state index >= 15 is 0 Å². The normalized spacial score (nSPS) is 33.2. The van der Waals surface area contributed by atoms with Crippen LogP contribution in [-0.4, -0.2) is 11.2 Å².